The van der Waals surface area contributed by atoms with Gasteiger partial charge in [0, 0.05) is 11.6 Å². The Morgan fingerprint density at radius 1 is 1.24 bits per heavy atom. The van der Waals surface area contributed by atoms with Gasteiger partial charge in [-0.3, -0.25) is 4.79 Å². The molecule has 0 saturated heterocycles. The Morgan fingerprint density at radius 3 is 2.64 bits per heavy atom. The van der Waals surface area contributed by atoms with Gasteiger partial charge in [-0.2, -0.15) is 0 Å². The average molecular weight is 448 g/mol. The second kappa shape index (κ2) is 9.17. The van der Waals surface area contributed by atoms with Crippen LogP contribution in [0.5, 0.6) is 11.5 Å². The van der Waals surface area contributed by atoms with Crippen LogP contribution in [-0.4, -0.2) is 19.1 Å². The van der Waals surface area contributed by atoms with Gasteiger partial charge in [-0.15, -0.1) is 0 Å². The fraction of sp³-hybridized carbons (Fsp3) is 0.235. The van der Waals surface area contributed by atoms with Crippen LogP contribution in [0, 0.1) is 0 Å². The molecule has 0 aliphatic heterocycles. The van der Waals surface area contributed by atoms with E-state index in [2.05, 4.69) is 21.2 Å². The first-order valence-corrected chi connectivity index (χ1v) is 9.00. The van der Waals surface area contributed by atoms with Gasteiger partial charge in [-0.1, -0.05) is 23.2 Å². The molecule has 0 aromatic heterocycles. The molecule has 2 rings (SSSR count). The molecule has 0 radical (unpaired) electrons. The molecule has 0 aliphatic carbocycles. The molecule has 25 heavy (non-hydrogen) atoms. The SMILES string of the molecule is CCOc1cc(CNc2ccc(Cl)cc2Cl)cc(Br)c1OCC(N)=O. The normalized spacial score (nSPS) is 10.4. The number of nitrogens with two attached hydrogens (primary N) is 1. The minimum Gasteiger partial charge on any atom is -0.490 e. The Bertz CT molecular complexity index is 772. The molecule has 0 atom stereocenters. The van der Waals surface area contributed by atoms with Crippen LogP contribution in [0.2, 0.25) is 10.0 Å². The zero-order valence-corrected chi connectivity index (χ0v) is 16.5. The largest absolute Gasteiger partial charge is 0.490 e. The second-order valence-electron chi connectivity index (χ2n) is 5.07. The highest BCUT2D eigenvalue weighted by Crippen LogP contribution is 2.37. The summed E-state index contributed by atoms with van der Waals surface area (Å²) in [6.45, 7) is 2.61. The molecule has 0 saturated carbocycles. The standard InChI is InChI=1S/C17H17BrCl2N2O3/c1-2-24-15-6-10(5-12(18)17(15)25-9-16(21)23)8-22-14-4-3-11(19)7-13(14)20/h3-7,22H,2,8-9H2,1H3,(H2,21,23). The molecule has 0 bridgehead atoms. The third kappa shape index (κ3) is 5.70. The summed E-state index contributed by atoms with van der Waals surface area (Å²) in [6, 6.07) is 8.95. The maximum Gasteiger partial charge on any atom is 0.255 e. The first kappa shape index (κ1) is 19.7. The van der Waals surface area contributed by atoms with Crippen molar-refractivity contribution in [2.75, 3.05) is 18.5 Å². The number of carbonyl (C=O) groups excluding carboxylic acids is 1. The highest BCUT2D eigenvalue weighted by molar-refractivity contribution is 9.10. The van der Waals surface area contributed by atoms with Gasteiger partial charge in [0.2, 0.25) is 0 Å². The van der Waals surface area contributed by atoms with Crippen molar-refractivity contribution < 1.29 is 14.3 Å². The van der Waals surface area contributed by atoms with Crippen molar-refractivity contribution in [3.63, 3.8) is 0 Å². The van der Waals surface area contributed by atoms with E-state index in [1.54, 1.807) is 12.1 Å². The topological polar surface area (TPSA) is 73.6 Å². The third-order valence-electron chi connectivity index (χ3n) is 3.14. The van der Waals surface area contributed by atoms with Gasteiger partial charge in [0.25, 0.3) is 5.91 Å². The minimum atomic E-state index is -0.558. The van der Waals surface area contributed by atoms with Crippen molar-refractivity contribution in [2.45, 2.75) is 13.5 Å². The summed E-state index contributed by atoms with van der Waals surface area (Å²) in [7, 11) is 0. The van der Waals surface area contributed by atoms with E-state index in [-0.39, 0.29) is 6.61 Å². The summed E-state index contributed by atoms with van der Waals surface area (Å²) < 4.78 is 11.7. The molecule has 0 heterocycles. The summed E-state index contributed by atoms with van der Waals surface area (Å²) in [5.41, 5.74) is 6.84. The molecule has 0 fully saturated rings. The van der Waals surface area contributed by atoms with Crippen molar-refractivity contribution in [3.8, 4) is 11.5 Å². The molecule has 5 nitrogen and oxygen atoms in total. The molecular weight excluding hydrogens is 431 g/mol. The van der Waals surface area contributed by atoms with Gasteiger partial charge in [0.15, 0.2) is 18.1 Å². The number of nitrogens with one attached hydrogen (secondary N) is 1. The lowest BCUT2D eigenvalue weighted by atomic mass is 10.2. The zero-order chi connectivity index (χ0) is 18.4. The maximum atomic E-state index is 10.9. The predicted octanol–water partition coefficient (Wildman–Crippen LogP) is 4.63. The summed E-state index contributed by atoms with van der Waals surface area (Å²) >= 11 is 15.5. The number of benzene rings is 2. The molecule has 134 valence electrons. The Kier molecular flexibility index (Phi) is 7.23. The van der Waals surface area contributed by atoms with Crippen LogP contribution >= 0.6 is 39.1 Å². The van der Waals surface area contributed by atoms with Crippen LogP contribution in [0.25, 0.3) is 0 Å². The van der Waals surface area contributed by atoms with E-state index in [0.29, 0.717) is 39.2 Å². The van der Waals surface area contributed by atoms with Gasteiger partial charge in [0.1, 0.15) is 0 Å². The molecule has 2 aromatic rings. The molecule has 8 heteroatoms. The number of ether oxygens (including phenoxy) is 2. The van der Waals surface area contributed by atoms with Crippen molar-refractivity contribution in [1.82, 2.24) is 0 Å². The zero-order valence-electron chi connectivity index (χ0n) is 13.4. The lowest BCUT2D eigenvalue weighted by molar-refractivity contribution is -0.119. The van der Waals surface area contributed by atoms with E-state index in [9.17, 15) is 4.79 Å². The Labute approximate surface area is 164 Å². The fourth-order valence-corrected chi connectivity index (χ4v) is 3.18. The Morgan fingerprint density at radius 2 is 2.00 bits per heavy atom. The van der Waals surface area contributed by atoms with Gasteiger partial charge in [0.05, 0.1) is 21.8 Å². The molecule has 0 spiro atoms. The first-order valence-electron chi connectivity index (χ1n) is 7.46. The van der Waals surface area contributed by atoms with Gasteiger partial charge < -0.3 is 20.5 Å². The second-order valence-corrected chi connectivity index (χ2v) is 6.77. The van der Waals surface area contributed by atoms with Crippen molar-refractivity contribution in [2.24, 2.45) is 5.73 Å². The smallest absolute Gasteiger partial charge is 0.255 e. The summed E-state index contributed by atoms with van der Waals surface area (Å²) in [4.78, 5) is 10.9. The molecule has 1 amide bonds. The first-order chi connectivity index (χ1) is 11.9. The predicted molar refractivity (Wildman–Crippen MR) is 104 cm³/mol. The van der Waals surface area contributed by atoms with Gasteiger partial charge in [-0.25, -0.2) is 0 Å². The van der Waals surface area contributed by atoms with E-state index in [1.165, 1.54) is 0 Å². The number of carbonyl (C=O) groups is 1. The number of rotatable bonds is 8. The van der Waals surface area contributed by atoms with Crippen molar-refractivity contribution in [1.29, 1.82) is 0 Å². The number of halogens is 3. The summed E-state index contributed by atoms with van der Waals surface area (Å²) in [6.07, 6.45) is 0. The average Bonchev–Trinajstić information content (AvgIpc) is 2.53. The lowest BCUT2D eigenvalue weighted by Gasteiger charge is -2.15. The Hall–Kier alpha value is -1.63. The third-order valence-corrected chi connectivity index (χ3v) is 4.28. The summed E-state index contributed by atoms with van der Waals surface area (Å²) in [5.74, 6) is 0.406. The molecule has 3 N–H and O–H groups in total. The van der Waals surface area contributed by atoms with E-state index in [0.717, 1.165) is 11.3 Å². The highest BCUT2D eigenvalue weighted by Gasteiger charge is 2.13. The van der Waals surface area contributed by atoms with Crippen LogP contribution in [0.1, 0.15) is 12.5 Å². The Balaban J connectivity index is 2.19. The van der Waals surface area contributed by atoms with Crippen LogP contribution in [0.15, 0.2) is 34.8 Å². The number of hydrogen-bond donors (Lipinski definition) is 2. The van der Waals surface area contributed by atoms with Crippen molar-refractivity contribution >= 4 is 50.7 Å². The van der Waals surface area contributed by atoms with Gasteiger partial charge >= 0.3 is 0 Å². The monoisotopic (exact) mass is 446 g/mol. The molecule has 0 unspecified atom stereocenters. The lowest BCUT2D eigenvalue weighted by Crippen LogP contribution is -2.20. The van der Waals surface area contributed by atoms with E-state index in [1.807, 2.05) is 25.1 Å². The van der Waals surface area contributed by atoms with Crippen molar-refractivity contribution in [3.05, 3.63) is 50.4 Å². The van der Waals surface area contributed by atoms with Gasteiger partial charge in [-0.05, 0) is 58.7 Å². The van der Waals surface area contributed by atoms with Crippen LogP contribution < -0.4 is 20.5 Å². The van der Waals surface area contributed by atoms with E-state index in [4.69, 9.17) is 38.4 Å². The molecule has 2 aromatic carbocycles. The van der Waals surface area contributed by atoms with E-state index >= 15 is 0 Å². The number of primary amides is 1. The van der Waals surface area contributed by atoms with Crippen LogP contribution in [0.3, 0.4) is 0 Å². The quantitative estimate of drug-likeness (QED) is 0.618. The van der Waals surface area contributed by atoms with Crippen LogP contribution in [-0.2, 0) is 11.3 Å². The molecular formula is C17H17BrCl2N2O3. The maximum absolute atomic E-state index is 10.9. The summed E-state index contributed by atoms with van der Waals surface area (Å²) in [5, 5.41) is 4.36. The highest BCUT2D eigenvalue weighted by atomic mass is 79.9. The van der Waals surface area contributed by atoms with E-state index < -0.39 is 5.91 Å². The number of anilines is 1. The number of amides is 1. The fourth-order valence-electron chi connectivity index (χ4n) is 2.10. The molecule has 0 aliphatic rings. The number of hydrogen-bond acceptors (Lipinski definition) is 4. The van der Waals surface area contributed by atoms with Crippen LogP contribution in [0.4, 0.5) is 5.69 Å². The minimum absolute atomic E-state index is 0.226.